The Balaban J connectivity index is 1.28. The van der Waals surface area contributed by atoms with E-state index in [1.165, 1.54) is 24.8 Å². The topological polar surface area (TPSA) is 52.7 Å². The maximum Gasteiger partial charge on any atom is 0.252 e. The molecule has 6 heteroatoms. The van der Waals surface area contributed by atoms with Crippen molar-refractivity contribution >= 4 is 23.6 Å². The van der Waals surface area contributed by atoms with Gasteiger partial charge in [-0.2, -0.15) is 0 Å². The number of hydrogen-bond acceptors (Lipinski definition) is 4. The molecule has 186 valence electrons. The Morgan fingerprint density at radius 2 is 1.63 bits per heavy atom. The number of aryl methyl sites for hydroxylation is 1. The van der Waals surface area contributed by atoms with Gasteiger partial charge in [-0.3, -0.25) is 14.5 Å². The highest BCUT2D eigenvalue weighted by Gasteiger charge is 2.49. The first-order valence-corrected chi connectivity index (χ1v) is 14.1. The van der Waals surface area contributed by atoms with E-state index in [0.29, 0.717) is 16.7 Å². The third-order valence-corrected chi connectivity index (χ3v) is 9.63. The minimum absolute atomic E-state index is 0.0532. The van der Waals surface area contributed by atoms with E-state index in [1.54, 1.807) is 0 Å². The molecule has 4 atom stereocenters. The van der Waals surface area contributed by atoms with Crippen LogP contribution in [0.5, 0.6) is 0 Å². The third kappa shape index (κ3) is 5.59. The summed E-state index contributed by atoms with van der Waals surface area (Å²) in [6, 6.07) is 18.3. The fourth-order valence-electron chi connectivity index (χ4n) is 6.03. The molecular weight excluding hydrogens is 454 g/mol. The minimum atomic E-state index is -0.148. The molecule has 2 aromatic carbocycles. The Morgan fingerprint density at radius 3 is 2.40 bits per heavy atom. The van der Waals surface area contributed by atoms with Gasteiger partial charge in [0.05, 0.1) is 11.3 Å². The molecule has 1 aliphatic carbocycles. The molecule has 2 saturated heterocycles. The Bertz CT molecular complexity index is 1020. The average molecular weight is 492 g/mol. The van der Waals surface area contributed by atoms with Crippen molar-refractivity contribution in [2.75, 3.05) is 26.2 Å². The van der Waals surface area contributed by atoms with Crippen LogP contribution in [0.4, 0.5) is 0 Å². The van der Waals surface area contributed by atoms with E-state index in [0.717, 1.165) is 51.1 Å². The van der Waals surface area contributed by atoms with Crippen molar-refractivity contribution < 1.29 is 9.59 Å². The number of nitrogens with zero attached hydrogens (tertiary/aromatic N) is 2. The van der Waals surface area contributed by atoms with Crippen LogP contribution in [-0.4, -0.2) is 58.4 Å². The van der Waals surface area contributed by atoms with Crippen molar-refractivity contribution in [3.8, 4) is 0 Å². The second kappa shape index (κ2) is 11.2. The summed E-state index contributed by atoms with van der Waals surface area (Å²) in [6.45, 7) is 6.23. The van der Waals surface area contributed by atoms with Crippen molar-refractivity contribution in [3.05, 3.63) is 71.3 Å². The number of hydrogen-bond donors (Lipinski definition) is 1. The molecule has 1 saturated carbocycles. The maximum atomic E-state index is 14.0. The normalized spacial score (nSPS) is 27.2. The van der Waals surface area contributed by atoms with Gasteiger partial charge in [-0.05, 0) is 42.9 Å². The van der Waals surface area contributed by atoms with Gasteiger partial charge in [0.2, 0.25) is 5.91 Å². The van der Waals surface area contributed by atoms with Gasteiger partial charge < -0.3 is 10.2 Å². The number of thioether (sulfide) groups is 1. The number of carbonyl (C=O) groups is 2. The molecule has 2 aromatic rings. The lowest BCUT2D eigenvalue weighted by Gasteiger charge is -2.38. The summed E-state index contributed by atoms with van der Waals surface area (Å²) < 4.78 is 0. The van der Waals surface area contributed by atoms with Crippen LogP contribution < -0.4 is 5.32 Å². The molecule has 0 aromatic heterocycles. The molecule has 4 unspecified atom stereocenters. The van der Waals surface area contributed by atoms with Gasteiger partial charge in [-0.1, -0.05) is 67.8 Å². The number of carbonyl (C=O) groups excluding carboxylic acids is 2. The van der Waals surface area contributed by atoms with Crippen LogP contribution in [0.25, 0.3) is 0 Å². The largest absolute Gasteiger partial charge is 0.340 e. The van der Waals surface area contributed by atoms with E-state index in [2.05, 4.69) is 45.4 Å². The molecule has 0 spiro atoms. The first kappa shape index (κ1) is 24.4. The number of nitrogens with one attached hydrogen (secondary N) is 1. The monoisotopic (exact) mass is 491 g/mol. The Morgan fingerprint density at radius 1 is 0.914 bits per heavy atom. The summed E-state index contributed by atoms with van der Waals surface area (Å²) in [5.41, 5.74) is 3.00. The fourth-order valence-corrected chi connectivity index (χ4v) is 7.88. The highest BCUT2D eigenvalue weighted by molar-refractivity contribution is 8.00. The maximum absolute atomic E-state index is 14.0. The van der Waals surface area contributed by atoms with E-state index < -0.39 is 0 Å². The van der Waals surface area contributed by atoms with Crippen molar-refractivity contribution in [2.24, 2.45) is 11.8 Å². The average Bonchev–Trinajstić information content (AvgIpc) is 3.04. The molecule has 0 bridgehead atoms. The molecule has 2 aliphatic heterocycles. The Labute approximate surface area is 213 Å². The van der Waals surface area contributed by atoms with E-state index in [4.69, 9.17) is 0 Å². The lowest BCUT2D eigenvalue weighted by Crippen LogP contribution is -2.53. The van der Waals surface area contributed by atoms with Crippen LogP contribution >= 0.6 is 11.8 Å². The summed E-state index contributed by atoms with van der Waals surface area (Å²) in [4.78, 5) is 31.7. The van der Waals surface area contributed by atoms with Crippen LogP contribution in [0, 0.1) is 18.8 Å². The molecule has 2 heterocycles. The second-order valence-corrected chi connectivity index (χ2v) is 11.7. The van der Waals surface area contributed by atoms with Gasteiger partial charge in [0.1, 0.15) is 0 Å². The van der Waals surface area contributed by atoms with E-state index in [1.807, 2.05) is 43.0 Å². The van der Waals surface area contributed by atoms with Gasteiger partial charge in [0.25, 0.3) is 5.91 Å². The van der Waals surface area contributed by atoms with E-state index in [9.17, 15) is 9.59 Å². The van der Waals surface area contributed by atoms with Gasteiger partial charge in [-0.15, -0.1) is 11.8 Å². The molecule has 5 nitrogen and oxygen atoms in total. The fraction of sp³-hybridized carbons (Fsp3) is 0.517. The smallest absolute Gasteiger partial charge is 0.252 e. The second-order valence-electron chi connectivity index (χ2n) is 10.3. The van der Waals surface area contributed by atoms with Gasteiger partial charge in [-0.25, -0.2) is 0 Å². The Kier molecular flexibility index (Phi) is 7.78. The highest BCUT2D eigenvalue weighted by Crippen LogP contribution is 2.49. The van der Waals surface area contributed by atoms with Gasteiger partial charge in [0.15, 0.2) is 0 Å². The molecule has 5 rings (SSSR count). The number of amides is 2. The number of piperazine rings is 1. The Hall–Kier alpha value is -2.31. The zero-order valence-electron chi connectivity index (χ0n) is 20.7. The first-order chi connectivity index (χ1) is 17.1. The number of fused-ring (bicyclic) bond motifs is 1. The van der Waals surface area contributed by atoms with Crippen LogP contribution in [-0.2, 0) is 11.3 Å². The summed E-state index contributed by atoms with van der Waals surface area (Å²) in [5.74, 6) is 0.431. The predicted octanol–water partition coefficient (Wildman–Crippen LogP) is 4.71. The molecule has 1 N–H and O–H groups in total. The summed E-state index contributed by atoms with van der Waals surface area (Å²) >= 11 is 1.85. The van der Waals surface area contributed by atoms with Crippen molar-refractivity contribution in [3.63, 3.8) is 0 Å². The summed E-state index contributed by atoms with van der Waals surface area (Å²) in [7, 11) is 0. The van der Waals surface area contributed by atoms with Crippen LogP contribution in [0.3, 0.4) is 0 Å². The molecular formula is C29H37N3O2S. The lowest BCUT2D eigenvalue weighted by molar-refractivity contribution is -0.139. The highest BCUT2D eigenvalue weighted by atomic mass is 32.2. The predicted molar refractivity (Wildman–Crippen MR) is 142 cm³/mol. The lowest BCUT2D eigenvalue weighted by atomic mass is 9.84. The molecule has 35 heavy (non-hydrogen) atoms. The summed E-state index contributed by atoms with van der Waals surface area (Å²) in [6.07, 6.45) is 5.92. The minimum Gasteiger partial charge on any atom is -0.340 e. The zero-order valence-corrected chi connectivity index (χ0v) is 21.5. The van der Waals surface area contributed by atoms with Crippen molar-refractivity contribution in [2.45, 2.75) is 56.2 Å². The van der Waals surface area contributed by atoms with E-state index >= 15 is 0 Å². The van der Waals surface area contributed by atoms with E-state index in [-0.39, 0.29) is 23.1 Å². The van der Waals surface area contributed by atoms with Crippen LogP contribution in [0.2, 0.25) is 0 Å². The first-order valence-electron chi connectivity index (χ1n) is 13.2. The van der Waals surface area contributed by atoms with Crippen molar-refractivity contribution in [1.29, 1.82) is 0 Å². The van der Waals surface area contributed by atoms with Crippen LogP contribution in [0.1, 0.15) is 53.6 Å². The van der Waals surface area contributed by atoms with Gasteiger partial charge >= 0.3 is 0 Å². The quantitative estimate of drug-likeness (QED) is 0.658. The van der Waals surface area contributed by atoms with Gasteiger partial charge in [0, 0.05) is 43.5 Å². The number of benzene rings is 2. The molecule has 2 amide bonds. The molecule has 3 aliphatic rings. The molecule has 3 fully saturated rings. The SMILES string of the molecule is Cc1ccccc1C(=O)NC1SC2CCCCCC2C1C(=O)N1CCN(Cc2ccccc2)CC1. The van der Waals surface area contributed by atoms with Crippen LogP contribution in [0.15, 0.2) is 54.6 Å². The standard InChI is InChI=1S/C29H37N3O2S/c1-21-10-8-9-13-23(21)27(33)30-28-26(24-14-6-3-7-15-25(24)35-28)29(34)32-18-16-31(17-19-32)20-22-11-4-2-5-12-22/h2,4-5,8-13,24-26,28H,3,6-7,14-20H2,1H3,(H,30,33). The number of rotatable bonds is 5. The zero-order chi connectivity index (χ0) is 24.2. The summed E-state index contributed by atoms with van der Waals surface area (Å²) in [5, 5.41) is 3.61. The van der Waals surface area contributed by atoms with Crippen molar-refractivity contribution in [1.82, 2.24) is 15.1 Å². The third-order valence-electron chi connectivity index (χ3n) is 7.99. The molecule has 0 radical (unpaired) electrons.